The molecule has 0 radical (unpaired) electrons. The summed E-state index contributed by atoms with van der Waals surface area (Å²) in [7, 11) is 0. The smallest absolute Gasteiger partial charge is 0.223 e. The van der Waals surface area contributed by atoms with Crippen LogP contribution in [0.15, 0.2) is 42.7 Å². The van der Waals surface area contributed by atoms with Crippen LogP contribution in [0.5, 0.6) is 5.75 Å². The van der Waals surface area contributed by atoms with Gasteiger partial charge >= 0.3 is 0 Å². The Kier molecular flexibility index (Phi) is 6.24. The summed E-state index contributed by atoms with van der Waals surface area (Å²) in [5.41, 5.74) is 11.0. The number of fused-ring (bicyclic) bond motifs is 2. The standard InChI is InChI=1S/C27H35N5O2/c33-27(29-22-2-1-12-32(17-22)16-18-7-10-28-11-8-18)21-3-5-24-23(15-21)26(31-30-24)20-4-6-25-19(14-20)9-13-34-25/h4,6-8,10-11,14,21-24,26,30-31H,1-3,5,9,12-13,15-17H2,(H,29,33)/t21?,22-,23?,24?,26?/m1/s1. The van der Waals surface area contributed by atoms with E-state index in [0.717, 1.165) is 70.5 Å². The Morgan fingerprint density at radius 1 is 1.15 bits per heavy atom. The lowest BCUT2D eigenvalue weighted by Gasteiger charge is -2.36. The van der Waals surface area contributed by atoms with Crippen molar-refractivity contribution in [3.63, 3.8) is 0 Å². The number of hydrogen-bond donors (Lipinski definition) is 3. The van der Waals surface area contributed by atoms with Gasteiger partial charge in [-0.05, 0) is 79.5 Å². The molecule has 3 N–H and O–H groups in total. The highest BCUT2D eigenvalue weighted by Crippen LogP contribution is 2.41. The molecule has 4 unspecified atom stereocenters. The van der Waals surface area contributed by atoms with Crippen molar-refractivity contribution in [1.29, 1.82) is 0 Å². The number of carbonyl (C=O) groups excluding carboxylic acids is 1. The fourth-order valence-electron chi connectivity index (χ4n) is 6.41. The molecule has 34 heavy (non-hydrogen) atoms. The van der Waals surface area contributed by atoms with Gasteiger partial charge < -0.3 is 10.1 Å². The second-order valence-corrected chi connectivity index (χ2v) is 10.5. The molecule has 4 aliphatic rings. The first-order valence-electron chi connectivity index (χ1n) is 12.9. The second-order valence-electron chi connectivity index (χ2n) is 10.5. The highest BCUT2D eigenvalue weighted by molar-refractivity contribution is 5.79. The van der Waals surface area contributed by atoms with Crippen LogP contribution < -0.4 is 20.9 Å². The molecule has 7 heteroatoms. The molecule has 2 saturated heterocycles. The van der Waals surface area contributed by atoms with E-state index in [2.05, 4.69) is 56.4 Å². The minimum Gasteiger partial charge on any atom is -0.493 e. The number of benzene rings is 1. The number of carbonyl (C=O) groups is 1. The average Bonchev–Trinajstić information content (AvgIpc) is 3.51. The number of nitrogens with zero attached hydrogens (tertiary/aromatic N) is 2. The second kappa shape index (κ2) is 9.64. The van der Waals surface area contributed by atoms with Gasteiger partial charge in [-0.15, -0.1) is 0 Å². The monoisotopic (exact) mass is 461 g/mol. The first kappa shape index (κ1) is 22.0. The van der Waals surface area contributed by atoms with Gasteiger partial charge in [0.25, 0.3) is 0 Å². The first-order chi connectivity index (χ1) is 16.7. The van der Waals surface area contributed by atoms with Crippen molar-refractivity contribution < 1.29 is 9.53 Å². The van der Waals surface area contributed by atoms with E-state index in [9.17, 15) is 4.79 Å². The molecular formula is C27H35N5O2. The predicted octanol–water partition coefficient (Wildman–Crippen LogP) is 2.73. The third kappa shape index (κ3) is 4.57. The minimum absolute atomic E-state index is 0.0961. The largest absolute Gasteiger partial charge is 0.493 e. The number of ether oxygens (including phenoxy) is 1. The molecule has 1 aliphatic carbocycles. The molecule has 1 aromatic heterocycles. The summed E-state index contributed by atoms with van der Waals surface area (Å²) >= 11 is 0. The SMILES string of the molecule is O=C(N[C@@H]1CCCN(Cc2ccncc2)C1)C1CCC2NNC(c3ccc4c(c3)CCO4)C2C1. The number of likely N-dealkylation sites (tertiary alicyclic amines) is 1. The molecule has 7 nitrogen and oxygen atoms in total. The van der Waals surface area contributed by atoms with E-state index in [0.29, 0.717) is 12.0 Å². The lowest BCUT2D eigenvalue weighted by atomic mass is 9.74. The Labute approximate surface area is 201 Å². The zero-order valence-corrected chi connectivity index (χ0v) is 19.7. The van der Waals surface area contributed by atoms with Gasteiger partial charge in [0.2, 0.25) is 5.91 Å². The fraction of sp³-hybridized carbons (Fsp3) is 0.556. The van der Waals surface area contributed by atoms with Crippen molar-refractivity contribution in [3.8, 4) is 5.75 Å². The van der Waals surface area contributed by atoms with Gasteiger partial charge in [0, 0.05) is 49.9 Å². The van der Waals surface area contributed by atoms with Gasteiger partial charge in [-0.3, -0.25) is 20.1 Å². The van der Waals surface area contributed by atoms with E-state index < -0.39 is 0 Å². The van der Waals surface area contributed by atoms with Gasteiger partial charge in [0.05, 0.1) is 12.6 Å². The number of nitrogens with one attached hydrogen (secondary N) is 3. The van der Waals surface area contributed by atoms with E-state index in [1.54, 1.807) is 0 Å². The molecule has 180 valence electrons. The molecule has 3 fully saturated rings. The summed E-state index contributed by atoms with van der Waals surface area (Å²) in [6.45, 7) is 3.72. The first-order valence-corrected chi connectivity index (χ1v) is 12.9. The number of piperidine rings is 1. The molecule has 0 spiro atoms. The lowest BCUT2D eigenvalue weighted by Crippen LogP contribution is -2.50. The average molecular weight is 462 g/mol. The van der Waals surface area contributed by atoms with Gasteiger partial charge in [-0.1, -0.05) is 12.1 Å². The highest BCUT2D eigenvalue weighted by Gasteiger charge is 2.43. The Morgan fingerprint density at radius 2 is 2.06 bits per heavy atom. The third-order valence-electron chi connectivity index (χ3n) is 8.20. The zero-order valence-electron chi connectivity index (χ0n) is 19.7. The van der Waals surface area contributed by atoms with Crippen LogP contribution in [0.25, 0.3) is 0 Å². The molecule has 1 amide bonds. The van der Waals surface area contributed by atoms with E-state index in [1.165, 1.54) is 16.7 Å². The summed E-state index contributed by atoms with van der Waals surface area (Å²) in [5, 5.41) is 3.42. The molecule has 0 bridgehead atoms. The number of hydrogen-bond acceptors (Lipinski definition) is 6. The van der Waals surface area contributed by atoms with E-state index in [-0.39, 0.29) is 23.9 Å². The van der Waals surface area contributed by atoms with Gasteiger partial charge in [0.1, 0.15) is 5.75 Å². The van der Waals surface area contributed by atoms with Crippen molar-refractivity contribution >= 4 is 5.91 Å². The van der Waals surface area contributed by atoms with Crippen LogP contribution >= 0.6 is 0 Å². The molecule has 5 atom stereocenters. The predicted molar refractivity (Wildman–Crippen MR) is 130 cm³/mol. The van der Waals surface area contributed by atoms with Crippen LogP contribution in [0.3, 0.4) is 0 Å². The van der Waals surface area contributed by atoms with Crippen LogP contribution in [-0.2, 0) is 17.8 Å². The van der Waals surface area contributed by atoms with Crippen molar-refractivity contribution in [2.24, 2.45) is 11.8 Å². The highest BCUT2D eigenvalue weighted by atomic mass is 16.5. The maximum absolute atomic E-state index is 13.3. The molecule has 1 aromatic carbocycles. The van der Waals surface area contributed by atoms with E-state index >= 15 is 0 Å². The Balaban J connectivity index is 1.07. The number of pyridine rings is 1. The van der Waals surface area contributed by atoms with Crippen molar-refractivity contribution in [1.82, 2.24) is 26.1 Å². The van der Waals surface area contributed by atoms with Gasteiger partial charge in [-0.25, -0.2) is 5.43 Å². The maximum atomic E-state index is 13.3. The van der Waals surface area contributed by atoms with Gasteiger partial charge in [-0.2, -0.15) is 0 Å². The minimum atomic E-state index is 0.0961. The number of aromatic nitrogens is 1. The summed E-state index contributed by atoms with van der Waals surface area (Å²) in [5.74, 6) is 1.80. The molecule has 1 saturated carbocycles. The maximum Gasteiger partial charge on any atom is 0.223 e. The van der Waals surface area contributed by atoms with Crippen molar-refractivity contribution in [2.75, 3.05) is 19.7 Å². The van der Waals surface area contributed by atoms with Crippen LogP contribution in [0.2, 0.25) is 0 Å². The lowest BCUT2D eigenvalue weighted by molar-refractivity contribution is -0.127. The van der Waals surface area contributed by atoms with Crippen LogP contribution in [0, 0.1) is 11.8 Å². The Bertz CT molecular complexity index is 1020. The molecule has 4 heterocycles. The van der Waals surface area contributed by atoms with Gasteiger partial charge in [0.15, 0.2) is 0 Å². The van der Waals surface area contributed by atoms with Crippen LogP contribution in [-0.4, -0.2) is 47.6 Å². The Hall–Kier alpha value is -2.48. The number of amides is 1. The van der Waals surface area contributed by atoms with E-state index in [4.69, 9.17) is 4.74 Å². The quantitative estimate of drug-likeness (QED) is 0.636. The Morgan fingerprint density at radius 3 is 2.97 bits per heavy atom. The summed E-state index contributed by atoms with van der Waals surface area (Å²) in [6.07, 6.45) is 9.82. The summed E-state index contributed by atoms with van der Waals surface area (Å²) < 4.78 is 5.69. The van der Waals surface area contributed by atoms with Crippen molar-refractivity contribution in [2.45, 2.75) is 63.2 Å². The van der Waals surface area contributed by atoms with Crippen LogP contribution in [0.1, 0.15) is 54.8 Å². The zero-order chi connectivity index (χ0) is 22.9. The third-order valence-corrected chi connectivity index (χ3v) is 8.20. The topological polar surface area (TPSA) is 78.5 Å². The van der Waals surface area contributed by atoms with Crippen molar-refractivity contribution in [3.05, 3.63) is 59.4 Å². The normalized spacial score (nSPS) is 30.9. The summed E-state index contributed by atoms with van der Waals surface area (Å²) in [6, 6.07) is 11.7. The molecule has 2 aromatic rings. The molecule has 3 aliphatic heterocycles. The summed E-state index contributed by atoms with van der Waals surface area (Å²) in [4.78, 5) is 19.9. The molecule has 6 rings (SSSR count). The number of rotatable bonds is 5. The van der Waals surface area contributed by atoms with Crippen LogP contribution in [0.4, 0.5) is 0 Å². The van der Waals surface area contributed by atoms with E-state index in [1.807, 2.05) is 12.4 Å². The molecular weight excluding hydrogens is 426 g/mol. The number of hydrazine groups is 1. The fourth-order valence-corrected chi connectivity index (χ4v) is 6.41.